The largest absolute Gasteiger partial charge is 0.245 e. The van der Waals surface area contributed by atoms with E-state index >= 15 is 0 Å². The molecule has 0 amide bonds. The number of hydrogen-bond acceptors (Lipinski definition) is 2. The van der Waals surface area contributed by atoms with Gasteiger partial charge in [-0.25, -0.2) is 12.8 Å². The summed E-state index contributed by atoms with van der Waals surface area (Å²) in [7, 11) is 1.03. The quantitative estimate of drug-likeness (QED) is 0.521. The number of halogens is 3. The maximum absolute atomic E-state index is 12.4. The van der Waals surface area contributed by atoms with Gasteiger partial charge < -0.3 is 0 Å². The average Bonchev–Trinajstić information content (AvgIpc) is 1.83. The molecule has 62 valence electrons. The molecule has 0 bridgehead atoms. The van der Waals surface area contributed by atoms with Crippen LogP contribution in [-0.4, -0.2) is 25.7 Å². The van der Waals surface area contributed by atoms with E-state index in [2.05, 4.69) is 0 Å². The van der Waals surface area contributed by atoms with Crippen molar-refractivity contribution in [1.82, 2.24) is 0 Å². The summed E-state index contributed by atoms with van der Waals surface area (Å²) in [5.41, 5.74) is 0. The lowest BCUT2D eigenvalue weighted by Gasteiger charge is -2.08. The Morgan fingerprint density at radius 2 is 2.00 bits per heavy atom. The molecule has 0 aliphatic rings. The van der Waals surface area contributed by atoms with E-state index in [0.29, 0.717) is 0 Å². The zero-order chi connectivity index (χ0) is 8.36. The van der Waals surface area contributed by atoms with Gasteiger partial charge >= 0.3 is 0 Å². The van der Waals surface area contributed by atoms with Crippen LogP contribution in [0.4, 0.5) is 4.39 Å². The SMILES string of the molecule is C[C@@H](C(F)CCl)S(=O)(=O)Cl. The monoisotopic (exact) mass is 208 g/mol. The van der Waals surface area contributed by atoms with Gasteiger partial charge in [-0.2, -0.15) is 0 Å². The maximum atomic E-state index is 12.4. The van der Waals surface area contributed by atoms with Crippen molar-refractivity contribution in [2.45, 2.75) is 18.3 Å². The first-order valence-electron chi connectivity index (χ1n) is 2.53. The van der Waals surface area contributed by atoms with Gasteiger partial charge in [0.1, 0.15) is 11.4 Å². The first-order valence-corrected chi connectivity index (χ1v) is 5.43. The Morgan fingerprint density at radius 1 is 1.60 bits per heavy atom. The summed E-state index contributed by atoms with van der Waals surface area (Å²) in [6, 6.07) is 0. The summed E-state index contributed by atoms with van der Waals surface area (Å²) in [5, 5.41) is -1.23. The van der Waals surface area contributed by atoms with Crippen LogP contribution in [0.2, 0.25) is 0 Å². The molecule has 0 N–H and O–H groups in total. The second-order valence-electron chi connectivity index (χ2n) is 1.85. The molecule has 6 heteroatoms. The van der Waals surface area contributed by atoms with Gasteiger partial charge in [0.2, 0.25) is 9.05 Å². The Kier molecular flexibility index (Phi) is 3.91. The summed E-state index contributed by atoms with van der Waals surface area (Å²) in [6.45, 7) is 1.18. The van der Waals surface area contributed by atoms with Crippen molar-refractivity contribution in [2.75, 3.05) is 5.88 Å². The van der Waals surface area contributed by atoms with Crippen LogP contribution in [0.25, 0.3) is 0 Å². The molecule has 0 heterocycles. The van der Waals surface area contributed by atoms with Crippen LogP contribution in [0, 0.1) is 0 Å². The molecule has 0 saturated heterocycles. The second kappa shape index (κ2) is 3.74. The molecule has 0 saturated carbocycles. The van der Waals surface area contributed by atoms with Crippen molar-refractivity contribution in [1.29, 1.82) is 0 Å². The molecule has 0 aromatic rings. The number of hydrogen-bond donors (Lipinski definition) is 0. The highest BCUT2D eigenvalue weighted by Crippen LogP contribution is 2.14. The van der Waals surface area contributed by atoms with Crippen molar-refractivity contribution in [3.63, 3.8) is 0 Å². The lowest BCUT2D eigenvalue weighted by atomic mass is 10.3. The van der Waals surface area contributed by atoms with Crippen molar-refractivity contribution < 1.29 is 12.8 Å². The van der Waals surface area contributed by atoms with E-state index < -0.39 is 20.5 Å². The van der Waals surface area contributed by atoms with Gasteiger partial charge in [0.25, 0.3) is 0 Å². The predicted octanol–water partition coefficient (Wildman–Crippen LogP) is 1.52. The Hall–Kier alpha value is 0.460. The molecule has 0 aliphatic heterocycles. The Labute approximate surface area is 68.7 Å². The molecule has 1 unspecified atom stereocenters. The van der Waals surface area contributed by atoms with Crippen LogP contribution >= 0.6 is 22.3 Å². The van der Waals surface area contributed by atoms with Crippen LogP contribution in [0.1, 0.15) is 6.92 Å². The zero-order valence-electron chi connectivity index (χ0n) is 5.22. The molecule has 10 heavy (non-hydrogen) atoms. The van der Waals surface area contributed by atoms with Gasteiger partial charge in [-0.1, -0.05) is 0 Å². The highest BCUT2D eigenvalue weighted by Gasteiger charge is 2.26. The van der Waals surface area contributed by atoms with E-state index in [1.807, 2.05) is 0 Å². The van der Waals surface area contributed by atoms with Gasteiger partial charge in [0.15, 0.2) is 0 Å². The summed E-state index contributed by atoms with van der Waals surface area (Å²) in [5.74, 6) is -0.354. The van der Waals surface area contributed by atoms with E-state index in [9.17, 15) is 12.8 Å². The highest BCUT2D eigenvalue weighted by atomic mass is 35.7. The normalized spacial score (nSPS) is 18.4. The van der Waals surface area contributed by atoms with E-state index in [1.54, 1.807) is 0 Å². The van der Waals surface area contributed by atoms with Crippen LogP contribution < -0.4 is 0 Å². The van der Waals surface area contributed by atoms with E-state index in [1.165, 1.54) is 6.92 Å². The smallest absolute Gasteiger partial charge is 0.238 e. The van der Waals surface area contributed by atoms with Crippen molar-refractivity contribution in [2.24, 2.45) is 0 Å². The van der Waals surface area contributed by atoms with Crippen LogP contribution in [-0.2, 0) is 9.05 Å². The predicted molar refractivity (Wildman–Crippen MR) is 39.9 cm³/mol. The van der Waals surface area contributed by atoms with Gasteiger partial charge in [-0.3, -0.25) is 0 Å². The lowest BCUT2D eigenvalue weighted by molar-refractivity contribution is 0.357. The molecular weight excluding hydrogens is 202 g/mol. The van der Waals surface area contributed by atoms with Gasteiger partial charge in [-0.15, -0.1) is 11.6 Å². The van der Waals surface area contributed by atoms with Crippen molar-refractivity contribution in [3.05, 3.63) is 0 Å². The third-order valence-corrected chi connectivity index (χ3v) is 3.42. The van der Waals surface area contributed by atoms with Crippen LogP contribution in [0.5, 0.6) is 0 Å². The number of alkyl halides is 2. The third-order valence-electron chi connectivity index (χ3n) is 1.10. The molecule has 0 rings (SSSR count). The van der Waals surface area contributed by atoms with E-state index in [4.69, 9.17) is 22.3 Å². The Bertz CT molecular complexity index is 191. The number of rotatable bonds is 3. The fourth-order valence-corrected chi connectivity index (χ4v) is 1.46. The van der Waals surface area contributed by atoms with E-state index in [0.717, 1.165) is 0 Å². The van der Waals surface area contributed by atoms with Crippen molar-refractivity contribution >= 4 is 31.3 Å². The Morgan fingerprint density at radius 3 is 2.10 bits per heavy atom. The third kappa shape index (κ3) is 3.03. The van der Waals surface area contributed by atoms with Gasteiger partial charge in [0.05, 0.1) is 5.88 Å². The first-order chi connectivity index (χ1) is 4.39. The van der Waals surface area contributed by atoms with Crippen molar-refractivity contribution in [3.8, 4) is 0 Å². The van der Waals surface area contributed by atoms with Crippen LogP contribution in [0.15, 0.2) is 0 Å². The molecule has 0 aromatic carbocycles. The average molecular weight is 209 g/mol. The molecule has 2 atom stereocenters. The molecule has 0 aromatic heterocycles. The summed E-state index contributed by atoms with van der Waals surface area (Å²) in [6.07, 6.45) is -1.59. The van der Waals surface area contributed by atoms with Crippen LogP contribution in [0.3, 0.4) is 0 Å². The summed E-state index contributed by atoms with van der Waals surface area (Å²) in [4.78, 5) is 0. The fraction of sp³-hybridized carbons (Fsp3) is 1.00. The van der Waals surface area contributed by atoms with E-state index in [-0.39, 0.29) is 5.88 Å². The van der Waals surface area contributed by atoms with Gasteiger partial charge in [-0.05, 0) is 6.92 Å². The molecule has 0 aliphatic carbocycles. The molecule has 0 fully saturated rings. The lowest BCUT2D eigenvalue weighted by Crippen LogP contribution is -2.25. The molecule has 0 radical (unpaired) electrons. The zero-order valence-corrected chi connectivity index (χ0v) is 7.55. The maximum Gasteiger partial charge on any atom is 0.238 e. The minimum absolute atomic E-state index is 0.354. The van der Waals surface area contributed by atoms with Gasteiger partial charge in [0, 0.05) is 10.7 Å². The standard InChI is InChI=1S/C4H7Cl2FO2S/c1-3(4(7)2-5)10(6,8)9/h3-4H,2H2,1H3/t3-,4?/m0/s1. The summed E-state index contributed by atoms with van der Waals surface area (Å²) < 4.78 is 33.2. The molecule has 0 spiro atoms. The second-order valence-corrected chi connectivity index (χ2v) is 5.14. The minimum Gasteiger partial charge on any atom is -0.245 e. The Balaban J connectivity index is 4.23. The fourth-order valence-electron chi connectivity index (χ4n) is 0.302. The molecular formula is C4H7Cl2FO2S. The summed E-state index contributed by atoms with van der Waals surface area (Å²) >= 11 is 5.05. The molecule has 2 nitrogen and oxygen atoms in total. The minimum atomic E-state index is -3.80. The highest BCUT2D eigenvalue weighted by molar-refractivity contribution is 8.14. The first kappa shape index (κ1) is 10.5. The topological polar surface area (TPSA) is 34.1 Å².